The number of methoxy groups -OCH3 is 1. The van der Waals surface area contributed by atoms with Gasteiger partial charge in [-0.25, -0.2) is 9.97 Å². The molecule has 1 unspecified atom stereocenters. The minimum Gasteiger partial charge on any atom is -0.497 e. The van der Waals surface area contributed by atoms with E-state index in [-0.39, 0.29) is 5.91 Å². The van der Waals surface area contributed by atoms with Crippen molar-refractivity contribution in [3.05, 3.63) is 42.2 Å². The van der Waals surface area contributed by atoms with Crippen LogP contribution in [0.4, 0.5) is 11.6 Å². The summed E-state index contributed by atoms with van der Waals surface area (Å²) < 4.78 is 5.36. The van der Waals surface area contributed by atoms with Gasteiger partial charge in [0.15, 0.2) is 0 Å². The molecule has 4 rings (SSSR count). The quantitative estimate of drug-likeness (QED) is 0.789. The van der Waals surface area contributed by atoms with Crippen molar-refractivity contribution in [3.63, 3.8) is 0 Å². The zero-order chi connectivity index (χ0) is 19.5. The molecule has 2 fully saturated rings. The third-order valence-electron chi connectivity index (χ3n) is 5.70. The maximum atomic E-state index is 12.0. The molecule has 2 aromatic rings. The predicted octanol–water partition coefficient (Wildman–Crippen LogP) is 1.98. The lowest BCUT2D eigenvalue weighted by molar-refractivity contribution is -0.129. The lowest BCUT2D eigenvalue weighted by atomic mass is 10.0. The Morgan fingerprint density at radius 3 is 2.82 bits per heavy atom. The number of piperazine rings is 1. The van der Waals surface area contributed by atoms with Crippen LogP contribution in [0, 0.1) is 0 Å². The van der Waals surface area contributed by atoms with Gasteiger partial charge in [-0.1, -0.05) is 12.1 Å². The molecule has 1 aromatic heterocycles. The smallest absolute Gasteiger partial charge is 0.241 e. The molecule has 1 amide bonds. The maximum absolute atomic E-state index is 12.0. The Morgan fingerprint density at radius 2 is 2.00 bits per heavy atom. The SMILES string of the molecule is COc1cccc(CC2CCCN2c2cc(N3CCN(C)C(=O)C3)ncn2)c1. The Bertz CT molecular complexity index is 843. The molecule has 0 saturated carbocycles. The van der Waals surface area contributed by atoms with E-state index in [1.807, 2.05) is 30.1 Å². The number of benzene rings is 1. The minimum absolute atomic E-state index is 0.128. The molecule has 0 radical (unpaired) electrons. The van der Waals surface area contributed by atoms with Gasteiger partial charge < -0.3 is 19.4 Å². The Morgan fingerprint density at radius 1 is 1.14 bits per heavy atom. The predicted molar refractivity (Wildman–Crippen MR) is 109 cm³/mol. The van der Waals surface area contributed by atoms with Gasteiger partial charge in [-0.05, 0) is 37.0 Å². The highest BCUT2D eigenvalue weighted by Gasteiger charge is 2.28. The first-order chi connectivity index (χ1) is 13.6. The normalized spacial score (nSPS) is 20.0. The number of ether oxygens (including phenoxy) is 1. The van der Waals surface area contributed by atoms with E-state index in [1.165, 1.54) is 5.56 Å². The van der Waals surface area contributed by atoms with Crippen LogP contribution in [-0.4, -0.2) is 67.2 Å². The summed E-state index contributed by atoms with van der Waals surface area (Å²) in [5, 5.41) is 0. The summed E-state index contributed by atoms with van der Waals surface area (Å²) in [7, 11) is 3.55. The fraction of sp³-hybridized carbons (Fsp3) is 0.476. The molecule has 2 aliphatic rings. The van der Waals surface area contributed by atoms with E-state index in [1.54, 1.807) is 18.3 Å². The van der Waals surface area contributed by atoms with Gasteiger partial charge in [0.05, 0.1) is 13.7 Å². The van der Waals surface area contributed by atoms with Crippen LogP contribution < -0.4 is 14.5 Å². The average Bonchev–Trinajstić information content (AvgIpc) is 3.18. The molecule has 2 aliphatic heterocycles. The summed E-state index contributed by atoms with van der Waals surface area (Å²) in [6.45, 7) is 2.89. The van der Waals surface area contributed by atoms with Crippen LogP contribution in [0.3, 0.4) is 0 Å². The maximum Gasteiger partial charge on any atom is 0.241 e. The largest absolute Gasteiger partial charge is 0.497 e. The van der Waals surface area contributed by atoms with E-state index in [0.29, 0.717) is 12.6 Å². The van der Waals surface area contributed by atoms with Crippen LogP contribution in [0.25, 0.3) is 0 Å². The van der Waals surface area contributed by atoms with Crippen LogP contribution in [0.1, 0.15) is 18.4 Å². The van der Waals surface area contributed by atoms with Crippen molar-refractivity contribution in [2.24, 2.45) is 0 Å². The first-order valence-corrected chi connectivity index (χ1v) is 9.84. The average molecular weight is 381 g/mol. The van der Waals surface area contributed by atoms with Gasteiger partial charge in [-0.3, -0.25) is 4.79 Å². The summed E-state index contributed by atoms with van der Waals surface area (Å²) in [4.78, 5) is 27.2. The van der Waals surface area contributed by atoms with Crippen molar-refractivity contribution >= 4 is 17.5 Å². The monoisotopic (exact) mass is 381 g/mol. The van der Waals surface area contributed by atoms with Gasteiger partial charge in [-0.15, -0.1) is 0 Å². The van der Waals surface area contributed by atoms with Gasteiger partial charge in [0, 0.05) is 38.8 Å². The second kappa shape index (κ2) is 8.04. The summed E-state index contributed by atoms with van der Waals surface area (Å²) in [5.41, 5.74) is 1.27. The zero-order valence-electron chi connectivity index (χ0n) is 16.5. The van der Waals surface area contributed by atoms with E-state index in [0.717, 1.165) is 56.3 Å². The molecule has 148 valence electrons. The zero-order valence-corrected chi connectivity index (χ0v) is 16.5. The van der Waals surface area contributed by atoms with Crippen molar-refractivity contribution < 1.29 is 9.53 Å². The van der Waals surface area contributed by atoms with Crippen molar-refractivity contribution in [1.29, 1.82) is 0 Å². The lowest BCUT2D eigenvalue weighted by Gasteiger charge is -2.33. The van der Waals surface area contributed by atoms with Gasteiger partial charge in [0.1, 0.15) is 23.7 Å². The topological polar surface area (TPSA) is 61.8 Å². The second-order valence-corrected chi connectivity index (χ2v) is 7.52. The fourth-order valence-corrected chi connectivity index (χ4v) is 4.04. The number of carbonyl (C=O) groups is 1. The van der Waals surface area contributed by atoms with Gasteiger partial charge in [0.25, 0.3) is 0 Å². The fourth-order valence-electron chi connectivity index (χ4n) is 4.04. The van der Waals surface area contributed by atoms with E-state index < -0.39 is 0 Å². The number of aromatic nitrogens is 2. The molecular weight excluding hydrogens is 354 g/mol. The van der Waals surface area contributed by atoms with Gasteiger partial charge in [0.2, 0.25) is 5.91 Å². The van der Waals surface area contributed by atoms with Crippen LogP contribution in [0.2, 0.25) is 0 Å². The molecule has 7 nitrogen and oxygen atoms in total. The van der Waals surface area contributed by atoms with Crippen LogP contribution in [-0.2, 0) is 11.2 Å². The number of amides is 1. The molecular formula is C21H27N5O2. The van der Waals surface area contributed by atoms with Crippen molar-refractivity contribution in [2.45, 2.75) is 25.3 Å². The number of hydrogen-bond donors (Lipinski definition) is 0. The molecule has 0 spiro atoms. The summed E-state index contributed by atoms with van der Waals surface area (Å²) in [6, 6.07) is 10.7. The molecule has 1 aromatic carbocycles. The number of hydrogen-bond acceptors (Lipinski definition) is 6. The molecule has 1 atom stereocenters. The van der Waals surface area contributed by atoms with E-state index in [4.69, 9.17) is 4.74 Å². The van der Waals surface area contributed by atoms with E-state index in [9.17, 15) is 4.79 Å². The van der Waals surface area contributed by atoms with E-state index in [2.05, 4.69) is 27.0 Å². The van der Waals surface area contributed by atoms with Gasteiger partial charge >= 0.3 is 0 Å². The highest BCUT2D eigenvalue weighted by atomic mass is 16.5. The first kappa shape index (κ1) is 18.5. The highest BCUT2D eigenvalue weighted by molar-refractivity contribution is 5.82. The number of anilines is 2. The number of nitrogens with zero attached hydrogens (tertiary/aromatic N) is 5. The molecule has 2 saturated heterocycles. The molecule has 3 heterocycles. The molecule has 0 aliphatic carbocycles. The van der Waals surface area contributed by atoms with Crippen LogP contribution in [0.5, 0.6) is 5.75 Å². The summed E-state index contributed by atoms with van der Waals surface area (Å²) in [6.07, 6.45) is 4.88. The van der Waals surface area contributed by atoms with Crippen LogP contribution in [0.15, 0.2) is 36.7 Å². The third kappa shape index (κ3) is 3.88. The number of likely N-dealkylation sites (N-methyl/N-ethyl adjacent to an activating group) is 1. The minimum atomic E-state index is 0.128. The van der Waals surface area contributed by atoms with Crippen molar-refractivity contribution in [3.8, 4) is 5.75 Å². The Balaban J connectivity index is 1.50. The Labute approximate surface area is 165 Å². The number of carbonyl (C=O) groups excluding carboxylic acids is 1. The Hall–Kier alpha value is -2.83. The molecule has 0 N–H and O–H groups in total. The van der Waals surface area contributed by atoms with Crippen molar-refractivity contribution in [2.75, 3.05) is 50.1 Å². The Kier molecular flexibility index (Phi) is 5.32. The standard InChI is InChI=1S/C21H27N5O2/c1-24-9-10-25(14-21(24)27)19-13-20(23-15-22-19)26-8-4-6-17(26)11-16-5-3-7-18(12-16)28-2/h3,5,7,12-13,15,17H,4,6,8-11,14H2,1-2H3. The lowest BCUT2D eigenvalue weighted by Crippen LogP contribution is -2.48. The molecule has 28 heavy (non-hydrogen) atoms. The second-order valence-electron chi connectivity index (χ2n) is 7.52. The molecule has 7 heteroatoms. The van der Waals surface area contributed by atoms with Crippen LogP contribution >= 0.6 is 0 Å². The van der Waals surface area contributed by atoms with Gasteiger partial charge in [-0.2, -0.15) is 0 Å². The molecule has 0 bridgehead atoms. The highest BCUT2D eigenvalue weighted by Crippen LogP contribution is 2.29. The number of rotatable bonds is 5. The first-order valence-electron chi connectivity index (χ1n) is 9.84. The summed E-state index contributed by atoms with van der Waals surface area (Å²) >= 11 is 0. The third-order valence-corrected chi connectivity index (χ3v) is 5.70. The van der Waals surface area contributed by atoms with E-state index >= 15 is 0 Å². The summed E-state index contributed by atoms with van der Waals surface area (Å²) in [5.74, 6) is 2.80. The van der Waals surface area contributed by atoms with Crippen molar-refractivity contribution in [1.82, 2.24) is 14.9 Å².